The monoisotopic (exact) mass is 168 g/mol. The summed E-state index contributed by atoms with van der Waals surface area (Å²) in [6, 6.07) is 0. The van der Waals surface area contributed by atoms with Crippen LogP contribution in [0.1, 0.15) is 34.1 Å². The second-order valence-corrected chi connectivity index (χ2v) is 4.17. The Bertz CT molecular complexity index is 224. The molecule has 0 aromatic rings. The Morgan fingerprint density at radius 3 is 2.50 bits per heavy atom. The zero-order valence-corrected chi connectivity index (χ0v) is 8.18. The minimum absolute atomic E-state index is 0.152. The molecule has 2 heteroatoms. The highest BCUT2D eigenvalue weighted by Gasteiger charge is 2.29. The molecule has 0 N–H and O–H groups in total. The molecule has 2 nitrogen and oxygen atoms in total. The van der Waals surface area contributed by atoms with Crippen LogP contribution in [0.2, 0.25) is 0 Å². The molecule has 0 spiro atoms. The minimum Gasteiger partial charge on any atom is -0.456 e. The number of cyclic esters (lactones) is 1. The molecule has 0 bridgehead atoms. The first kappa shape index (κ1) is 9.30. The molecule has 0 atom stereocenters. The van der Waals surface area contributed by atoms with E-state index in [1.54, 1.807) is 0 Å². The van der Waals surface area contributed by atoms with Gasteiger partial charge in [0.25, 0.3) is 0 Å². The van der Waals surface area contributed by atoms with Crippen molar-refractivity contribution in [2.45, 2.75) is 39.7 Å². The number of rotatable bonds is 1. The van der Waals surface area contributed by atoms with E-state index in [0.717, 1.165) is 12.0 Å². The molecule has 12 heavy (non-hydrogen) atoms. The lowest BCUT2D eigenvalue weighted by atomic mass is 9.94. The Kier molecular flexibility index (Phi) is 2.27. The van der Waals surface area contributed by atoms with Crippen LogP contribution >= 0.6 is 0 Å². The summed E-state index contributed by atoms with van der Waals surface area (Å²) >= 11 is 0. The average Bonchev–Trinajstić information content (AvgIpc) is 1.83. The fraction of sp³-hybridized carbons (Fsp3) is 0.700. The molecule has 1 aliphatic rings. The van der Waals surface area contributed by atoms with E-state index in [-0.39, 0.29) is 17.5 Å². The normalized spacial score (nSPS) is 22.1. The molecule has 68 valence electrons. The van der Waals surface area contributed by atoms with Crippen molar-refractivity contribution in [3.8, 4) is 0 Å². The highest BCUT2D eigenvalue weighted by Crippen LogP contribution is 2.26. The maximum Gasteiger partial charge on any atom is 0.334 e. The molecule has 0 saturated carbocycles. The summed E-state index contributed by atoms with van der Waals surface area (Å²) in [4.78, 5) is 11.4. The summed E-state index contributed by atoms with van der Waals surface area (Å²) in [6.45, 7) is 7.87. The third-order valence-electron chi connectivity index (χ3n) is 2.04. The van der Waals surface area contributed by atoms with E-state index < -0.39 is 0 Å². The molecule has 0 fully saturated rings. The van der Waals surface area contributed by atoms with Crippen molar-refractivity contribution >= 4 is 5.97 Å². The molecule has 1 heterocycles. The number of ether oxygens (including phenoxy) is 1. The topological polar surface area (TPSA) is 26.3 Å². The highest BCUT2D eigenvalue weighted by molar-refractivity contribution is 5.89. The van der Waals surface area contributed by atoms with Gasteiger partial charge < -0.3 is 4.74 Å². The summed E-state index contributed by atoms with van der Waals surface area (Å²) < 4.78 is 5.24. The van der Waals surface area contributed by atoms with E-state index in [0.29, 0.717) is 0 Å². The largest absolute Gasteiger partial charge is 0.456 e. The first-order valence-electron chi connectivity index (χ1n) is 4.36. The van der Waals surface area contributed by atoms with E-state index in [1.165, 1.54) is 0 Å². The molecule has 0 aromatic carbocycles. The molecule has 0 radical (unpaired) electrons. The Balaban J connectivity index is 2.82. The van der Waals surface area contributed by atoms with Gasteiger partial charge in [-0.1, -0.05) is 19.9 Å². The molecular weight excluding hydrogens is 152 g/mol. The number of carbonyl (C=O) groups excluding carboxylic acids is 1. The zero-order valence-electron chi connectivity index (χ0n) is 8.18. The average molecular weight is 168 g/mol. The fourth-order valence-electron chi connectivity index (χ4n) is 1.26. The predicted octanol–water partition coefficient (Wildman–Crippen LogP) is 2.29. The van der Waals surface area contributed by atoms with Crippen LogP contribution in [0.25, 0.3) is 0 Å². The van der Waals surface area contributed by atoms with Gasteiger partial charge in [0.15, 0.2) is 0 Å². The van der Waals surface area contributed by atoms with Crippen molar-refractivity contribution in [1.29, 1.82) is 0 Å². The van der Waals surface area contributed by atoms with Crippen molar-refractivity contribution in [2.75, 3.05) is 0 Å². The number of esters is 1. The van der Waals surface area contributed by atoms with Crippen LogP contribution in [0.3, 0.4) is 0 Å². The Morgan fingerprint density at radius 2 is 2.08 bits per heavy atom. The van der Waals surface area contributed by atoms with Crippen LogP contribution < -0.4 is 0 Å². The summed E-state index contributed by atoms with van der Waals surface area (Å²) in [5, 5.41) is 0. The van der Waals surface area contributed by atoms with E-state index in [9.17, 15) is 4.79 Å². The van der Waals surface area contributed by atoms with Gasteiger partial charge in [0.2, 0.25) is 0 Å². The lowest BCUT2D eigenvalue weighted by Crippen LogP contribution is -2.33. The standard InChI is InChI=1S/C10H16O2/c1-7(2)8-5-6-10(3,4)12-9(8)11/h5,7H,6H2,1-4H3. The van der Waals surface area contributed by atoms with Gasteiger partial charge in [0.05, 0.1) is 0 Å². The molecule has 1 rings (SSSR count). The first-order chi connectivity index (χ1) is 5.42. The van der Waals surface area contributed by atoms with E-state index in [4.69, 9.17) is 4.74 Å². The Labute approximate surface area is 73.6 Å². The van der Waals surface area contributed by atoms with Gasteiger partial charge in [-0.05, 0) is 19.8 Å². The Hall–Kier alpha value is -0.790. The van der Waals surface area contributed by atoms with Gasteiger partial charge in [-0.3, -0.25) is 0 Å². The lowest BCUT2D eigenvalue weighted by molar-refractivity contribution is -0.153. The van der Waals surface area contributed by atoms with Crippen LogP contribution in [0.5, 0.6) is 0 Å². The molecule has 0 amide bonds. The van der Waals surface area contributed by atoms with E-state index in [1.807, 2.05) is 33.8 Å². The van der Waals surface area contributed by atoms with Gasteiger partial charge in [0.1, 0.15) is 5.60 Å². The highest BCUT2D eigenvalue weighted by atomic mass is 16.6. The molecule has 1 aliphatic heterocycles. The molecule has 0 unspecified atom stereocenters. The lowest BCUT2D eigenvalue weighted by Gasteiger charge is -2.29. The predicted molar refractivity (Wildman–Crippen MR) is 47.7 cm³/mol. The van der Waals surface area contributed by atoms with Crippen LogP contribution in [0.15, 0.2) is 11.6 Å². The van der Waals surface area contributed by atoms with Gasteiger partial charge in [-0.2, -0.15) is 0 Å². The van der Waals surface area contributed by atoms with E-state index in [2.05, 4.69) is 0 Å². The Morgan fingerprint density at radius 1 is 1.50 bits per heavy atom. The van der Waals surface area contributed by atoms with Crippen molar-refractivity contribution in [3.63, 3.8) is 0 Å². The number of carbonyl (C=O) groups is 1. The molecule has 0 aliphatic carbocycles. The minimum atomic E-state index is -0.310. The SMILES string of the molecule is CC(C)C1=CCC(C)(C)OC1=O. The fourth-order valence-corrected chi connectivity index (χ4v) is 1.26. The summed E-state index contributed by atoms with van der Waals surface area (Å²) in [6.07, 6.45) is 2.82. The van der Waals surface area contributed by atoms with Crippen molar-refractivity contribution in [2.24, 2.45) is 5.92 Å². The maximum absolute atomic E-state index is 11.4. The third kappa shape index (κ3) is 1.87. The summed E-state index contributed by atoms with van der Waals surface area (Å²) in [7, 11) is 0. The van der Waals surface area contributed by atoms with Gasteiger partial charge in [-0.15, -0.1) is 0 Å². The van der Waals surface area contributed by atoms with Crippen molar-refractivity contribution in [3.05, 3.63) is 11.6 Å². The van der Waals surface area contributed by atoms with Gasteiger partial charge in [-0.25, -0.2) is 4.79 Å². The molecule has 0 aromatic heterocycles. The maximum atomic E-state index is 11.4. The molecule has 0 saturated heterocycles. The second-order valence-electron chi connectivity index (χ2n) is 4.17. The second kappa shape index (κ2) is 2.92. The van der Waals surface area contributed by atoms with Gasteiger partial charge in [0, 0.05) is 12.0 Å². The van der Waals surface area contributed by atoms with Crippen LogP contribution in [0.4, 0.5) is 0 Å². The number of hydrogen-bond donors (Lipinski definition) is 0. The quantitative estimate of drug-likeness (QED) is 0.561. The summed E-state index contributed by atoms with van der Waals surface area (Å²) in [5.41, 5.74) is 0.504. The summed E-state index contributed by atoms with van der Waals surface area (Å²) in [5.74, 6) is 0.120. The van der Waals surface area contributed by atoms with Gasteiger partial charge >= 0.3 is 5.97 Å². The molecular formula is C10H16O2. The van der Waals surface area contributed by atoms with Crippen LogP contribution in [-0.2, 0) is 9.53 Å². The number of hydrogen-bond acceptors (Lipinski definition) is 2. The first-order valence-corrected chi connectivity index (χ1v) is 4.36. The van der Waals surface area contributed by atoms with Crippen LogP contribution in [0, 0.1) is 5.92 Å². The third-order valence-corrected chi connectivity index (χ3v) is 2.04. The van der Waals surface area contributed by atoms with Crippen molar-refractivity contribution < 1.29 is 9.53 Å². The van der Waals surface area contributed by atoms with E-state index >= 15 is 0 Å². The van der Waals surface area contributed by atoms with Crippen LogP contribution in [-0.4, -0.2) is 11.6 Å². The van der Waals surface area contributed by atoms with Crippen molar-refractivity contribution in [1.82, 2.24) is 0 Å². The zero-order chi connectivity index (χ0) is 9.35. The smallest absolute Gasteiger partial charge is 0.334 e.